The van der Waals surface area contributed by atoms with Gasteiger partial charge in [-0.2, -0.15) is 8.78 Å². The Morgan fingerprint density at radius 3 is 2.69 bits per heavy atom. The van der Waals surface area contributed by atoms with Crippen LogP contribution in [0.15, 0.2) is 47.8 Å². The van der Waals surface area contributed by atoms with E-state index in [1.165, 1.54) is 29.5 Å². The Balaban J connectivity index is 1.52. The summed E-state index contributed by atoms with van der Waals surface area (Å²) in [5, 5.41) is 5.18. The minimum atomic E-state index is -2.97. The molecule has 3 aromatic rings. The van der Waals surface area contributed by atoms with Gasteiger partial charge in [0.15, 0.2) is 0 Å². The van der Waals surface area contributed by atoms with Crippen LogP contribution in [0.2, 0.25) is 5.02 Å². The number of alkyl halides is 2. The molecule has 0 aliphatic rings. The number of anilines is 1. The first-order chi connectivity index (χ1) is 13.9. The largest absolute Gasteiger partial charge is 0.486 e. The lowest BCUT2D eigenvalue weighted by molar-refractivity contribution is -0.115. The number of carbonyl (C=O) groups excluding carboxylic acids is 1. The number of aromatic nitrogens is 1. The molecular weight excluding hydrogens is 422 g/mol. The van der Waals surface area contributed by atoms with E-state index in [2.05, 4.69) is 15.0 Å². The van der Waals surface area contributed by atoms with Crippen LogP contribution in [0.3, 0.4) is 0 Å². The molecule has 0 saturated carbocycles. The van der Waals surface area contributed by atoms with Gasteiger partial charge in [-0.25, -0.2) is 4.98 Å². The lowest BCUT2D eigenvalue weighted by atomic mass is 10.2. The van der Waals surface area contributed by atoms with Crippen molar-refractivity contribution in [2.24, 2.45) is 0 Å². The molecule has 29 heavy (non-hydrogen) atoms. The Morgan fingerprint density at radius 2 is 2.00 bits per heavy atom. The molecule has 9 heteroatoms. The number of aryl methyl sites for hydroxylation is 1. The van der Waals surface area contributed by atoms with Gasteiger partial charge in [-0.05, 0) is 37.3 Å². The smallest absolute Gasteiger partial charge is 0.387 e. The number of halogens is 3. The second-order valence-electron chi connectivity index (χ2n) is 6.08. The van der Waals surface area contributed by atoms with Gasteiger partial charge in [-0.15, -0.1) is 11.3 Å². The molecule has 0 saturated heterocycles. The van der Waals surface area contributed by atoms with Crippen LogP contribution in [0.1, 0.15) is 16.3 Å². The van der Waals surface area contributed by atoms with Crippen molar-refractivity contribution in [1.82, 2.24) is 4.98 Å². The molecular formula is C20H17ClF2N2O3S. The van der Waals surface area contributed by atoms with Gasteiger partial charge in [0.25, 0.3) is 0 Å². The third-order valence-electron chi connectivity index (χ3n) is 3.76. The van der Waals surface area contributed by atoms with Crippen molar-refractivity contribution in [2.45, 2.75) is 26.6 Å². The number of hydrogen-bond donors (Lipinski definition) is 1. The summed E-state index contributed by atoms with van der Waals surface area (Å²) in [4.78, 5) is 16.6. The molecule has 3 rings (SSSR count). The van der Waals surface area contributed by atoms with Crippen LogP contribution in [0.5, 0.6) is 11.5 Å². The summed E-state index contributed by atoms with van der Waals surface area (Å²) < 4.78 is 34.5. The average molecular weight is 439 g/mol. The molecule has 0 aliphatic heterocycles. The maximum absolute atomic E-state index is 12.3. The topological polar surface area (TPSA) is 60.5 Å². The quantitative estimate of drug-likeness (QED) is 0.507. The first-order valence-corrected chi connectivity index (χ1v) is 9.82. The minimum Gasteiger partial charge on any atom is -0.486 e. The Bertz CT molecular complexity index is 980. The molecule has 1 amide bonds. The summed E-state index contributed by atoms with van der Waals surface area (Å²) in [6.45, 7) is -0.653. The Labute approximate surface area is 175 Å². The van der Waals surface area contributed by atoms with Gasteiger partial charge < -0.3 is 14.8 Å². The fourth-order valence-corrected chi connectivity index (χ4v) is 3.35. The van der Waals surface area contributed by atoms with E-state index >= 15 is 0 Å². The van der Waals surface area contributed by atoms with E-state index in [1.54, 1.807) is 5.38 Å². The highest BCUT2D eigenvalue weighted by atomic mass is 35.5. The van der Waals surface area contributed by atoms with Crippen molar-refractivity contribution in [3.05, 3.63) is 69.1 Å². The van der Waals surface area contributed by atoms with Gasteiger partial charge in [0.2, 0.25) is 5.91 Å². The molecule has 1 aromatic heterocycles. The van der Waals surface area contributed by atoms with Crippen LogP contribution in [-0.4, -0.2) is 17.5 Å². The fourth-order valence-electron chi connectivity index (χ4n) is 2.42. The minimum absolute atomic E-state index is 0.0210. The number of amides is 1. The summed E-state index contributed by atoms with van der Waals surface area (Å²) >= 11 is 7.29. The molecule has 0 bridgehead atoms. The van der Waals surface area contributed by atoms with Gasteiger partial charge in [-0.1, -0.05) is 29.3 Å². The van der Waals surface area contributed by atoms with E-state index in [-0.39, 0.29) is 23.1 Å². The molecule has 1 heterocycles. The van der Waals surface area contributed by atoms with Gasteiger partial charge in [-0.3, -0.25) is 4.79 Å². The second-order valence-corrected chi connectivity index (χ2v) is 7.43. The number of benzene rings is 2. The van der Waals surface area contributed by atoms with Gasteiger partial charge >= 0.3 is 6.61 Å². The maximum atomic E-state index is 12.3. The Hall–Kier alpha value is -2.71. The van der Waals surface area contributed by atoms with Crippen molar-refractivity contribution in [3.63, 3.8) is 0 Å². The average Bonchev–Trinajstić information content (AvgIpc) is 3.10. The third kappa shape index (κ3) is 6.40. The van der Waals surface area contributed by atoms with Crippen LogP contribution in [0.4, 0.5) is 14.5 Å². The van der Waals surface area contributed by atoms with Crippen molar-refractivity contribution < 1.29 is 23.0 Å². The summed E-state index contributed by atoms with van der Waals surface area (Å²) in [5.41, 5.74) is 2.14. The van der Waals surface area contributed by atoms with E-state index in [1.807, 2.05) is 31.2 Å². The molecule has 0 radical (unpaired) electrons. The van der Waals surface area contributed by atoms with Crippen molar-refractivity contribution >= 4 is 34.5 Å². The van der Waals surface area contributed by atoms with E-state index in [0.717, 1.165) is 16.3 Å². The van der Waals surface area contributed by atoms with Crippen LogP contribution in [-0.2, 0) is 17.8 Å². The molecule has 0 atom stereocenters. The lowest BCUT2D eigenvalue weighted by Gasteiger charge is -2.09. The number of ether oxygens (including phenoxy) is 2. The van der Waals surface area contributed by atoms with E-state index in [0.29, 0.717) is 18.0 Å². The maximum Gasteiger partial charge on any atom is 0.387 e. The van der Waals surface area contributed by atoms with Crippen molar-refractivity contribution in [2.75, 3.05) is 5.32 Å². The van der Waals surface area contributed by atoms with Gasteiger partial charge in [0, 0.05) is 11.1 Å². The predicted octanol–water partition coefficient (Wildman–Crippen LogP) is 5.47. The molecule has 0 aliphatic carbocycles. The Kier molecular flexibility index (Phi) is 7.00. The zero-order chi connectivity index (χ0) is 20.8. The SMILES string of the molecule is Cc1ccc(OCc2nc(CC(=O)Nc3ccc(OC(F)F)c(Cl)c3)cs2)cc1. The monoisotopic (exact) mass is 438 g/mol. The van der Waals surface area contributed by atoms with Crippen molar-refractivity contribution in [1.29, 1.82) is 0 Å². The predicted molar refractivity (Wildman–Crippen MR) is 108 cm³/mol. The van der Waals surface area contributed by atoms with Crippen LogP contribution < -0.4 is 14.8 Å². The molecule has 1 N–H and O–H groups in total. The highest BCUT2D eigenvalue weighted by Gasteiger charge is 2.12. The van der Waals surface area contributed by atoms with Crippen LogP contribution in [0, 0.1) is 6.92 Å². The number of carbonyl (C=O) groups is 1. The first kappa shape index (κ1) is 21.0. The van der Waals surface area contributed by atoms with Gasteiger partial charge in [0.1, 0.15) is 23.1 Å². The molecule has 0 unspecified atom stereocenters. The van der Waals surface area contributed by atoms with Gasteiger partial charge in [0.05, 0.1) is 17.1 Å². The summed E-state index contributed by atoms with van der Waals surface area (Å²) in [6.07, 6.45) is 0.0634. The fraction of sp³-hybridized carbons (Fsp3) is 0.200. The molecule has 0 spiro atoms. The van der Waals surface area contributed by atoms with Crippen LogP contribution >= 0.6 is 22.9 Å². The van der Waals surface area contributed by atoms with E-state index < -0.39 is 6.61 Å². The molecule has 2 aromatic carbocycles. The highest BCUT2D eigenvalue weighted by Crippen LogP contribution is 2.29. The second kappa shape index (κ2) is 9.67. The van der Waals surface area contributed by atoms with E-state index in [9.17, 15) is 13.6 Å². The zero-order valence-electron chi connectivity index (χ0n) is 15.3. The number of thiazole rings is 1. The molecule has 5 nitrogen and oxygen atoms in total. The number of nitrogens with zero attached hydrogens (tertiary/aromatic N) is 1. The zero-order valence-corrected chi connectivity index (χ0v) is 16.9. The summed E-state index contributed by atoms with van der Waals surface area (Å²) in [7, 11) is 0. The normalized spacial score (nSPS) is 10.8. The number of hydrogen-bond acceptors (Lipinski definition) is 5. The first-order valence-electron chi connectivity index (χ1n) is 8.56. The Morgan fingerprint density at radius 1 is 1.24 bits per heavy atom. The van der Waals surface area contributed by atoms with E-state index in [4.69, 9.17) is 16.3 Å². The highest BCUT2D eigenvalue weighted by molar-refractivity contribution is 7.09. The number of nitrogens with one attached hydrogen (secondary N) is 1. The van der Waals surface area contributed by atoms with Crippen molar-refractivity contribution in [3.8, 4) is 11.5 Å². The lowest BCUT2D eigenvalue weighted by Crippen LogP contribution is -2.14. The molecule has 152 valence electrons. The number of rotatable bonds is 8. The third-order valence-corrected chi connectivity index (χ3v) is 4.92. The van der Waals surface area contributed by atoms with Crippen LogP contribution in [0.25, 0.3) is 0 Å². The standard InChI is InChI=1S/C20H17ClF2N2O3S/c1-12-2-5-15(6-3-12)27-10-19-25-14(11-29-19)9-18(26)24-13-4-7-17(16(21)8-13)28-20(22)23/h2-8,11,20H,9-10H2,1H3,(H,24,26). The summed E-state index contributed by atoms with van der Waals surface area (Å²) in [6, 6.07) is 11.8. The summed E-state index contributed by atoms with van der Waals surface area (Å²) in [5.74, 6) is 0.290. The molecule has 0 fully saturated rings.